The van der Waals surface area contributed by atoms with E-state index in [2.05, 4.69) is 9.84 Å². The predicted molar refractivity (Wildman–Crippen MR) is 68.0 cm³/mol. The molecule has 0 aliphatic carbocycles. The number of carboxylic acids is 1. The van der Waals surface area contributed by atoms with Gasteiger partial charge in [0.05, 0.1) is 30.3 Å². The number of esters is 1. The monoisotopic (exact) mass is 262 g/mol. The molecular weight excluding hydrogens is 248 g/mol. The summed E-state index contributed by atoms with van der Waals surface area (Å²) in [6.45, 7) is 0. The van der Waals surface area contributed by atoms with E-state index in [1.165, 1.54) is 7.11 Å². The van der Waals surface area contributed by atoms with E-state index in [0.29, 0.717) is 12.0 Å². The maximum absolute atomic E-state index is 11.5. The lowest BCUT2D eigenvalue weighted by Crippen LogP contribution is -2.01. The van der Waals surface area contributed by atoms with E-state index in [1.807, 2.05) is 0 Å². The van der Waals surface area contributed by atoms with Crippen molar-refractivity contribution in [2.24, 2.45) is 7.05 Å². The molecule has 0 spiro atoms. The summed E-state index contributed by atoms with van der Waals surface area (Å²) in [6, 6.07) is 5.12. The van der Waals surface area contributed by atoms with Gasteiger partial charge >= 0.3 is 11.9 Å². The average Bonchev–Trinajstić information content (AvgIpc) is 2.72. The van der Waals surface area contributed by atoms with E-state index in [1.54, 1.807) is 29.9 Å². The standard InChI is InChI=1S/C13H14N2O4/c1-15-11-7-8(13(18)19-2)3-4-9(11)10(14-15)5-6-12(16)17/h3-4,7H,5-6H2,1-2H3,(H,16,17). The fraction of sp³-hybridized carbons (Fsp3) is 0.308. The molecule has 0 amide bonds. The van der Waals surface area contributed by atoms with Crippen LogP contribution in [0.5, 0.6) is 0 Å². The highest BCUT2D eigenvalue weighted by Gasteiger charge is 2.13. The summed E-state index contributed by atoms with van der Waals surface area (Å²) in [5.74, 6) is -1.26. The van der Waals surface area contributed by atoms with E-state index in [0.717, 1.165) is 16.6 Å². The van der Waals surface area contributed by atoms with Gasteiger partial charge in [0.25, 0.3) is 0 Å². The largest absolute Gasteiger partial charge is 0.481 e. The first-order valence-corrected chi connectivity index (χ1v) is 5.78. The maximum Gasteiger partial charge on any atom is 0.337 e. The Morgan fingerprint density at radius 2 is 2.16 bits per heavy atom. The lowest BCUT2D eigenvalue weighted by molar-refractivity contribution is -0.136. The number of aryl methyl sites for hydroxylation is 2. The molecule has 0 saturated heterocycles. The maximum atomic E-state index is 11.5. The molecule has 0 bridgehead atoms. The molecule has 1 aromatic carbocycles. The molecule has 6 nitrogen and oxygen atoms in total. The van der Waals surface area contributed by atoms with Crippen LogP contribution < -0.4 is 0 Å². The zero-order chi connectivity index (χ0) is 14.0. The van der Waals surface area contributed by atoms with E-state index in [9.17, 15) is 9.59 Å². The molecule has 2 aromatic rings. The first-order chi connectivity index (χ1) is 9.02. The fourth-order valence-electron chi connectivity index (χ4n) is 1.99. The summed E-state index contributed by atoms with van der Waals surface area (Å²) in [7, 11) is 3.09. The van der Waals surface area contributed by atoms with Crippen molar-refractivity contribution in [3.63, 3.8) is 0 Å². The van der Waals surface area contributed by atoms with Gasteiger partial charge in [0.1, 0.15) is 0 Å². The Kier molecular flexibility index (Phi) is 3.50. The number of nitrogens with zero attached hydrogens (tertiary/aromatic N) is 2. The summed E-state index contributed by atoms with van der Waals surface area (Å²) >= 11 is 0. The van der Waals surface area contributed by atoms with Gasteiger partial charge in [0.15, 0.2) is 0 Å². The molecule has 1 N–H and O–H groups in total. The average molecular weight is 262 g/mol. The van der Waals surface area contributed by atoms with Crippen molar-refractivity contribution in [3.8, 4) is 0 Å². The second-order valence-electron chi connectivity index (χ2n) is 4.19. The second-order valence-corrected chi connectivity index (χ2v) is 4.19. The fourth-order valence-corrected chi connectivity index (χ4v) is 1.99. The predicted octanol–water partition coefficient (Wildman–Crippen LogP) is 1.38. The van der Waals surface area contributed by atoms with Crippen LogP contribution in [0.25, 0.3) is 10.9 Å². The van der Waals surface area contributed by atoms with Gasteiger partial charge in [-0.1, -0.05) is 6.07 Å². The number of carbonyl (C=O) groups is 2. The molecule has 6 heteroatoms. The number of carboxylic acid groups (broad SMARTS) is 1. The highest BCUT2D eigenvalue weighted by atomic mass is 16.5. The molecule has 2 rings (SSSR count). The van der Waals surface area contributed by atoms with Crippen molar-refractivity contribution in [3.05, 3.63) is 29.5 Å². The van der Waals surface area contributed by atoms with Gasteiger partial charge in [0.2, 0.25) is 0 Å². The third-order valence-electron chi connectivity index (χ3n) is 2.92. The van der Waals surface area contributed by atoms with Gasteiger partial charge in [0, 0.05) is 18.9 Å². The molecule has 0 fully saturated rings. The van der Waals surface area contributed by atoms with Gasteiger partial charge in [-0.2, -0.15) is 5.10 Å². The second kappa shape index (κ2) is 5.09. The van der Waals surface area contributed by atoms with Crippen LogP contribution in [0.3, 0.4) is 0 Å². The number of fused-ring (bicyclic) bond motifs is 1. The van der Waals surface area contributed by atoms with Crippen LogP contribution in [0.2, 0.25) is 0 Å². The number of hydrogen-bond donors (Lipinski definition) is 1. The Balaban J connectivity index is 2.42. The van der Waals surface area contributed by atoms with E-state index in [4.69, 9.17) is 5.11 Å². The van der Waals surface area contributed by atoms with E-state index in [-0.39, 0.29) is 6.42 Å². The highest BCUT2D eigenvalue weighted by molar-refractivity contribution is 5.95. The minimum atomic E-state index is -0.856. The molecule has 100 valence electrons. The molecule has 0 atom stereocenters. The van der Waals surface area contributed by atoms with Crippen molar-refractivity contribution in [1.82, 2.24) is 9.78 Å². The van der Waals surface area contributed by atoms with Crippen LogP contribution in [-0.2, 0) is 23.0 Å². The molecule has 1 heterocycles. The number of benzene rings is 1. The van der Waals surface area contributed by atoms with Crippen LogP contribution in [-0.4, -0.2) is 33.9 Å². The summed E-state index contributed by atoms with van der Waals surface area (Å²) in [4.78, 5) is 22.1. The minimum Gasteiger partial charge on any atom is -0.481 e. The van der Waals surface area contributed by atoms with Crippen molar-refractivity contribution >= 4 is 22.8 Å². The molecular formula is C13H14N2O4. The minimum absolute atomic E-state index is 0.0326. The summed E-state index contributed by atoms with van der Waals surface area (Å²) in [6.07, 6.45) is 0.398. The number of aliphatic carboxylic acids is 1. The Labute approximate surface area is 109 Å². The van der Waals surface area contributed by atoms with E-state index >= 15 is 0 Å². The molecule has 0 saturated carbocycles. The van der Waals surface area contributed by atoms with Gasteiger partial charge in [-0.3, -0.25) is 9.48 Å². The van der Waals surface area contributed by atoms with Gasteiger partial charge in [-0.05, 0) is 12.1 Å². The quantitative estimate of drug-likeness (QED) is 0.842. The molecule has 0 unspecified atom stereocenters. The molecule has 0 radical (unpaired) electrons. The molecule has 0 aliphatic rings. The van der Waals surface area contributed by atoms with Gasteiger partial charge in [-0.15, -0.1) is 0 Å². The highest BCUT2D eigenvalue weighted by Crippen LogP contribution is 2.21. The SMILES string of the molecule is COC(=O)c1ccc2c(CCC(=O)O)nn(C)c2c1. The number of ether oxygens (including phenoxy) is 1. The number of aromatic nitrogens is 2. The van der Waals surface area contributed by atoms with Crippen LogP contribution in [0.1, 0.15) is 22.5 Å². The molecule has 1 aromatic heterocycles. The zero-order valence-electron chi connectivity index (χ0n) is 10.7. The Hall–Kier alpha value is -2.37. The normalized spacial score (nSPS) is 10.6. The Morgan fingerprint density at radius 1 is 1.42 bits per heavy atom. The lowest BCUT2D eigenvalue weighted by Gasteiger charge is -2.00. The van der Waals surface area contributed by atoms with E-state index < -0.39 is 11.9 Å². The van der Waals surface area contributed by atoms with Crippen molar-refractivity contribution in [2.75, 3.05) is 7.11 Å². The number of rotatable bonds is 4. The molecule has 0 aliphatic heterocycles. The molecule has 19 heavy (non-hydrogen) atoms. The van der Waals surface area contributed by atoms with Crippen molar-refractivity contribution < 1.29 is 19.4 Å². The Morgan fingerprint density at radius 3 is 2.79 bits per heavy atom. The Bertz CT molecular complexity index is 645. The third-order valence-corrected chi connectivity index (χ3v) is 2.92. The lowest BCUT2D eigenvalue weighted by atomic mass is 10.1. The summed E-state index contributed by atoms with van der Waals surface area (Å²) in [5, 5.41) is 13.9. The van der Waals surface area contributed by atoms with Crippen LogP contribution in [0.4, 0.5) is 0 Å². The summed E-state index contributed by atoms with van der Waals surface area (Å²) < 4.78 is 6.30. The van der Waals surface area contributed by atoms with Crippen molar-refractivity contribution in [2.45, 2.75) is 12.8 Å². The van der Waals surface area contributed by atoms with Gasteiger partial charge < -0.3 is 9.84 Å². The number of methoxy groups -OCH3 is 1. The summed E-state index contributed by atoms with van der Waals surface area (Å²) in [5.41, 5.74) is 1.95. The van der Waals surface area contributed by atoms with Crippen LogP contribution in [0, 0.1) is 0 Å². The van der Waals surface area contributed by atoms with Gasteiger partial charge in [-0.25, -0.2) is 4.79 Å². The topological polar surface area (TPSA) is 81.4 Å². The first kappa shape index (κ1) is 13.1. The zero-order valence-corrected chi connectivity index (χ0v) is 10.7. The first-order valence-electron chi connectivity index (χ1n) is 5.78. The number of hydrogen-bond acceptors (Lipinski definition) is 4. The van der Waals surface area contributed by atoms with Crippen molar-refractivity contribution in [1.29, 1.82) is 0 Å². The van der Waals surface area contributed by atoms with Crippen LogP contribution >= 0.6 is 0 Å². The third kappa shape index (κ3) is 2.57. The number of carbonyl (C=O) groups excluding carboxylic acids is 1. The van der Waals surface area contributed by atoms with Crippen LogP contribution in [0.15, 0.2) is 18.2 Å². The smallest absolute Gasteiger partial charge is 0.337 e.